The van der Waals surface area contributed by atoms with E-state index >= 15 is 0 Å². The number of hydrogen-bond acceptors (Lipinski definition) is 3. The molecule has 0 aliphatic rings. The summed E-state index contributed by atoms with van der Waals surface area (Å²) in [7, 11) is 1.68. The van der Waals surface area contributed by atoms with E-state index in [0.29, 0.717) is 19.2 Å². The molecule has 1 aromatic rings. The number of nitrogens with two attached hydrogens (primary N) is 1. The molecule has 2 N–H and O–H groups in total. The molecule has 0 unspecified atom stereocenters. The number of rotatable bonds is 6. The number of nitrogen functional groups attached to an aromatic ring is 1. The van der Waals surface area contributed by atoms with Crippen LogP contribution in [0.15, 0.2) is 18.2 Å². The maximum Gasteiger partial charge on any atom is 0.146 e. The Morgan fingerprint density at radius 2 is 2.12 bits per heavy atom. The zero-order chi connectivity index (χ0) is 12.8. The molecule has 1 rings (SSSR count). The number of hydrogen-bond donors (Lipinski definition) is 1. The lowest BCUT2D eigenvalue weighted by Gasteiger charge is -2.26. The van der Waals surface area contributed by atoms with E-state index in [1.54, 1.807) is 13.2 Å². The zero-order valence-corrected chi connectivity index (χ0v) is 10.7. The van der Waals surface area contributed by atoms with Crippen molar-refractivity contribution in [3.63, 3.8) is 0 Å². The predicted octanol–water partition coefficient (Wildman–Crippen LogP) is 2.26. The summed E-state index contributed by atoms with van der Waals surface area (Å²) in [5, 5.41) is 0. The van der Waals surface area contributed by atoms with Gasteiger partial charge < -0.3 is 10.5 Å². The molecule has 1 aromatic carbocycles. The van der Waals surface area contributed by atoms with E-state index in [0.717, 1.165) is 12.1 Å². The number of para-hydroxylation sites is 1. The summed E-state index contributed by atoms with van der Waals surface area (Å²) in [5.74, 6) is -0.349. The van der Waals surface area contributed by atoms with E-state index in [1.165, 1.54) is 6.07 Å². The minimum absolute atomic E-state index is 0.246. The van der Waals surface area contributed by atoms with Crippen molar-refractivity contribution in [1.82, 2.24) is 4.90 Å². The van der Waals surface area contributed by atoms with Gasteiger partial charge in [0.2, 0.25) is 0 Å². The average Bonchev–Trinajstić information content (AvgIpc) is 2.29. The maximum atomic E-state index is 13.3. The summed E-state index contributed by atoms with van der Waals surface area (Å²) in [4.78, 5) is 2.20. The summed E-state index contributed by atoms with van der Waals surface area (Å²) in [6, 6.07) is 5.30. The predicted molar refractivity (Wildman–Crippen MR) is 68.2 cm³/mol. The summed E-state index contributed by atoms with van der Waals surface area (Å²) in [6.07, 6.45) is 0. The van der Waals surface area contributed by atoms with Crippen LogP contribution in [0.5, 0.6) is 0 Å². The third kappa shape index (κ3) is 3.98. The van der Waals surface area contributed by atoms with E-state index < -0.39 is 0 Å². The van der Waals surface area contributed by atoms with Crippen molar-refractivity contribution in [2.45, 2.75) is 26.4 Å². The molecular formula is C13H21FN2O. The third-order valence-electron chi connectivity index (χ3n) is 2.83. The fourth-order valence-electron chi connectivity index (χ4n) is 1.67. The first-order valence-corrected chi connectivity index (χ1v) is 5.82. The second-order valence-corrected chi connectivity index (χ2v) is 4.37. The first kappa shape index (κ1) is 13.9. The molecule has 0 bridgehead atoms. The van der Waals surface area contributed by atoms with Gasteiger partial charge in [-0.05, 0) is 25.5 Å². The summed E-state index contributed by atoms with van der Waals surface area (Å²) >= 11 is 0. The van der Waals surface area contributed by atoms with Crippen LogP contribution in [0.1, 0.15) is 19.4 Å². The van der Waals surface area contributed by atoms with Crippen LogP contribution in [0.4, 0.5) is 10.1 Å². The molecule has 0 aliphatic heterocycles. The van der Waals surface area contributed by atoms with Crippen molar-refractivity contribution in [2.75, 3.05) is 26.0 Å². The molecule has 0 radical (unpaired) electrons. The van der Waals surface area contributed by atoms with Crippen molar-refractivity contribution < 1.29 is 9.13 Å². The highest BCUT2D eigenvalue weighted by Crippen LogP contribution is 2.18. The van der Waals surface area contributed by atoms with Gasteiger partial charge >= 0.3 is 0 Å². The second kappa shape index (κ2) is 6.57. The fraction of sp³-hybridized carbons (Fsp3) is 0.538. The fourth-order valence-corrected chi connectivity index (χ4v) is 1.67. The van der Waals surface area contributed by atoms with Crippen LogP contribution >= 0.6 is 0 Å². The SMILES string of the molecule is COCCN(Cc1cccc(F)c1N)C(C)C. The zero-order valence-electron chi connectivity index (χ0n) is 10.7. The van der Waals surface area contributed by atoms with Crippen LogP contribution in [0, 0.1) is 5.82 Å². The largest absolute Gasteiger partial charge is 0.396 e. The molecule has 0 saturated carbocycles. The Hall–Kier alpha value is -1.13. The maximum absolute atomic E-state index is 13.3. The Morgan fingerprint density at radius 3 is 2.71 bits per heavy atom. The van der Waals surface area contributed by atoms with Gasteiger partial charge in [0.15, 0.2) is 0 Å². The molecule has 0 amide bonds. The molecule has 17 heavy (non-hydrogen) atoms. The highest BCUT2D eigenvalue weighted by atomic mass is 19.1. The quantitative estimate of drug-likeness (QED) is 0.775. The van der Waals surface area contributed by atoms with Gasteiger partial charge in [0, 0.05) is 26.2 Å². The van der Waals surface area contributed by atoms with Gasteiger partial charge in [-0.1, -0.05) is 12.1 Å². The van der Waals surface area contributed by atoms with Crippen molar-refractivity contribution in [3.8, 4) is 0 Å². The van der Waals surface area contributed by atoms with E-state index in [-0.39, 0.29) is 11.5 Å². The molecular weight excluding hydrogens is 219 g/mol. The van der Waals surface area contributed by atoms with Gasteiger partial charge in [-0.25, -0.2) is 4.39 Å². The molecule has 0 atom stereocenters. The van der Waals surface area contributed by atoms with Gasteiger partial charge in [0.05, 0.1) is 12.3 Å². The lowest BCUT2D eigenvalue weighted by Crippen LogP contribution is -2.33. The number of benzene rings is 1. The van der Waals surface area contributed by atoms with Gasteiger partial charge in [0.1, 0.15) is 5.82 Å². The number of nitrogens with zero attached hydrogens (tertiary/aromatic N) is 1. The molecule has 0 fully saturated rings. The van der Waals surface area contributed by atoms with Crippen LogP contribution in [0.2, 0.25) is 0 Å². The van der Waals surface area contributed by atoms with Crippen LogP contribution in [0.25, 0.3) is 0 Å². The normalized spacial score (nSPS) is 11.4. The minimum atomic E-state index is -0.349. The topological polar surface area (TPSA) is 38.5 Å². The second-order valence-electron chi connectivity index (χ2n) is 4.37. The number of methoxy groups -OCH3 is 1. The van der Waals surface area contributed by atoms with Crippen LogP contribution in [-0.4, -0.2) is 31.2 Å². The molecule has 96 valence electrons. The first-order chi connectivity index (χ1) is 8.06. The number of halogens is 1. The summed E-state index contributed by atoms with van der Waals surface area (Å²) < 4.78 is 18.4. The van der Waals surface area contributed by atoms with Crippen molar-refractivity contribution >= 4 is 5.69 Å². The van der Waals surface area contributed by atoms with E-state index in [9.17, 15) is 4.39 Å². The molecule has 0 aliphatic carbocycles. The molecule has 0 heterocycles. The monoisotopic (exact) mass is 240 g/mol. The number of ether oxygens (including phenoxy) is 1. The van der Waals surface area contributed by atoms with Crippen LogP contribution in [-0.2, 0) is 11.3 Å². The Bertz CT molecular complexity index is 355. The molecule has 3 nitrogen and oxygen atoms in total. The smallest absolute Gasteiger partial charge is 0.146 e. The van der Waals surface area contributed by atoms with Crippen LogP contribution < -0.4 is 5.73 Å². The minimum Gasteiger partial charge on any atom is -0.396 e. The lowest BCUT2D eigenvalue weighted by atomic mass is 10.1. The Labute approximate surface area is 102 Å². The summed E-state index contributed by atoms with van der Waals surface area (Å²) in [6.45, 7) is 6.32. The van der Waals surface area contributed by atoms with E-state index in [4.69, 9.17) is 10.5 Å². The lowest BCUT2D eigenvalue weighted by molar-refractivity contribution is 0.125. The van der Waals surface area contributed by atoms with Gasteiger partial charge in [-0.2, -0.15) is 0 Å². The Kier molecular flexibility index (Phi) is 5.38. The van der Waals surface area contributed by atoms with Crippen molar-refractivity contribution in [2.24, 2.45) is 0 Å². The standard InChI is InChI=1S/C13H21FN2O/c1-10(2)16(7-8-17-3)9-11-5-4-6-12(14)13(11)15/h4-6,10H,7-9,15H2,1-3H3. The summed E-state index contributed by atoms with van der Waals surface area (Å²) in [5.41, 5.74) is 6.80. The number of anilines is 1. The molecule has 0 saturated heterocycles. The van der Waals surface area contributed by atoms with Gasteiger partial charge in [0.25, 0.3) is 0 Å². The first-order valence-electron chi connectivity index (χ1n) is 5.82. The highest BCUT2D eigenvalue weighted by molar-refractivity contribution is 5.47. The van der Waals surface area contributed by atoms with Crippen molar-refractivity contribution in [3.05, 3.63) is 29.6 Å². The Balaban J connectivity index is 2.75. The molecule has 0 spiro atoms. The Morgan fingerprint density at radius 1 is 1.41 bits per heavy atom. The van der Waals surface area contributed by atoms with E-state index in [2.05, 4.69) is 18.7 Å². The van der Waals surface area contributed by atoms with Crippen LogP contribution in [0.3, 0.4) is 0 Å². The van der Waals surface area contributed by atoms with Gasteiger partial charge in [-0.3, -0.25) is 4.90 Å². The van der Waals surface area contributed by atoms with E-state index in [1.807, 2.05) is 6.07 Å². The average molecular weight is 240 g/mol. The van der Waals surface area contributed by atoms with Crippen molar-refractivity contribution in [1.29, 1.82) is 0 Å². The third-order valence-corrected chi connectivity index (χ3v) is 2.83. The highest BCUT2D eigenvalue weighted by Gasteiger charge is 2.12. The molecule has 0 aromatic heterocycles. The van der Waals surface area contributed by atoms with Gasteiger partial charge in [-0.15, -0.1) is 0 Å². The molecule has 4 heteroatoms.